The van der Waals surface area contributed by atoms with Gasteiger partial charge in [-0.1, -0.05) is 31.5 Å². The van der Waals surface area contributed by atoms with E-state index in [0.717, 1.165) is 6.92 Å². The lowest BCUT2D eigenvalue weighted by Crippen LogP contribution is -2.38. The van der Waals surface area contributed by atoms with E-state index >= 15 is 0 Å². The second-order valence-corrected chi connectivity index (χ2v) is 4.84. The number of carbonyl (C=O) groups excluding carboxylic acids is 1. The lowest BCUT2D eigenvalue weighted by atomic mass is 9.95. The molecule has 2 rings (SSSR count). The number of ketones is 1. The van der Waals surface area contributed by atoms with Crippen molar-refractivity contribution in [2.75, 3.05) is 0 Å². The summed E-state index contributed by atoms with van der Waals surface area (Å²) in [6.07, 6.45) is 1.19. The first-order chi connectivity index (χ1) is 9.36. The van der Waals surface area contributed by atoms with Crippen LogP contribution in [0.4, 0.5) is 0 Å². The van der Waals surface area contributed by atoms with Crippen LogP contribution in [0.3, 0.4) is 0 Å². The molecule has 0 unspecified atom stereocenters. The van der Waals surface area contributed by atoms with Gasteiger partial charge in [0.15, 0.2) is 0 Å². The van der Waals surface area contributed by atoms with Gasteiger partial charge in [0.25, 0.3) is 0 Å². The van der Waals surface area contributed by atoms with Gasteiger partial charge in [0.1, 0.15) is 11.1 Å². The lowest BCUT2D eigenvalue weighted by molar-refractivity contribution is -0.106. The Bertz CT molecular complexity index is 706. The summed E-state index contributed by atoms with van der Waals surface area (Å²) >= 11 is 0. The van der Waals surface area contributed by atoms with E-state index in [0.29, 0.717) is 29.4 Å². The van der Waals surface area contributed by atoms with Crippen molar-refractivity contribution in [3.05, 3.63) is 45.8 Å². The molecule has 1 aromatic heterocycles. The van der Waals surface area contributed by atoms with Gasteiger partial charge >= 0.3 is 5.63 Å². The molecule has 0 bridgehead atoms. The Labute approximate surface area is 115 Å². The number of rotatable bonds is 4. The second-order valence-electron chi connectivity index (χ2n) is 4.84. The predicted molar refractivity (Wildman–Crippen MR) is 73.7 cm³/mol. The van der Waals surface area contributed by atoms with Crippen LogP contribution in [-0.2, 0) is 6.42 Å². The Morgan fingerprint density at radius 1 is 1.30 bits per heavy atom. The van der Waals surface area contributed by atoms with Crippen LogP contribution >= 0.6 is 0 Å². The summed E-state index contributed by atoms with van der Waals surface area (Å²) in [5, 5.41) is 19.5. The van der Waals surface area contributed by atoms with Crippen molar-refractivity contribution in [1.29, 1.82) is 0 Å². The van der Waals surface area contributed by atoms with Gasteiger partial charge in [0, 0.05) is 5.39 Å². The molecule has 20 heavy (non-hydrogen) atoms. The van der Waals surface area contributed by atoms with E-state index in [1.165, 1.54) is 0 Å². The van der Waals surface area contributed by atoms with Gasteiger partial charge < -0.3 is 14.6 Å². The summed E-state index contributed by atoms with van der Waals surface area (Å²) in [4.78, 5) is 24.1. The van der Waals surface area contributed by atoms with E-state index in [1.54, 1.807) is 24.3 Å². The molecule has 0 fully saturated rings. The van der Waals surface area contributed by atoms with Gasteiger partial charge in [-0.25, -0.2) is 4.79 Å². The van der Waals surface area contributed by atoms with Crippen molar-refractivity contribution in [2.45, 2.75) is 32.5 Å². The van der Waals surface area contributed by atoms with Crippen molar-refractivity contribution in [3.8, 4) is 0 Å². The molecule has 0 spiro atoms. The summed E-state index contributed by atoms with van der Waals surface area (Å²) in [7, 11) is 0. The van der Waals surface area contributed by atoms with E-state index in [9.17, 15) is 19.8 Å². The van der Waals surface area contributed by atoms with Gasteiger partial charge in [-0.05, 0) is 25.0 Å². The van der Waals surface area contributed by atoms with Crippen LogP contribution in [0.15, 0.2) is 33.5 Å². The number of aryl methyl sites for hydroxylation is 1. The fourth-order valence-corrected chi connectivity index (χ4v) is 2.19. The highest BCUT2D eigenvalue weighted by Gasteiger charge is 2.33. The monoisotopic (exact) mass is 276 g/mol. The highest BCUT2D eigenvalue weighted by atomic mass is 16.5. The Balaban J connectivity index is 2.82. The highest BCUT2D eigenvalue weighted by Crippen LogP contribution is 2.23. The van der Waals surface area contributed by atoms with Gasteiger partial charge in [0.05, 0.1) is 0 Å². The summed E-state index contributed by atoms with van der Waals surface area (Å²) < 4.78 is 5.10. The molecule has 1 aromatic carbocycles. The maximum absolute atomic E-state index is 12.1. The summed E-state index contributed by atoms with van der Waals surface area (Å²) in [5.74, 6) is -3.64. The van der Waals surface area contributed by atoms with E-state index in [-0.39, 0.29) is 5.56 Å². The predicted octanol–water partition coefficient (Wildman–Crippen LogP) is 1.63. The molecule has 2 N–H and O–H groups in total. The van der Waals surface area contributed by atoms with Crippen LogP contribution in [0, 0.1) is 0 Å². The normalized spacial score (nSPS) is 11.8. The summed E-state index contributed by atoms with van der Waals surface area (Å²) in [6.45, 7) is 2.84. The van der Waals surface area contributed by atoms with Crippen molar-refractivity contribution in [2.24, 2.45) is 0 Å². The Morgan fingerprint density at radius 3 is 2.55 bits per heavy atom. The Morgan fingerprint density at radius 2 is 1.95 bits per heavy atom. The molecular weight excluding hydrogens is 260 g/mol. The summed E-state index contributed by atoms with van der Waals surface area (Å²) in [6, 6.07) is 6.88. The zero-order valence-corrected chi connectivity index (χ0v) is 11.3. The molecule has 5 nitrogen and oxygen atoms in total. The number of carbonyl (C=O) groups is 1. The van der Waals surface area contributed by atoms with E-state index in [1.807, 2.05) is 6.92 Å². The largest absolute Gasteiger partial charge is 0.422 e. The van der Waals surface area contributed by atoms with Crippen LogP contribution in [0.2, 0.25) is 0 Å². The number of para-hydroxylation sites is 1. The first kappa shape index (κ1) is 14.4. The average molecular weight is 276 g/mol. The minimum atomic E-state index is -2.60. The van der Waals surface area contributed by atoms with Crippen LogP contribution < -0.4 is 5.63 Å². The third-order valence-electron chi connectivity index (χ3n) is 3.08. The third-order valence-corrected chi connectivity index (χ3v) is 3.08. The molecule has 0 aliphatic heterocycles. The molecule has 0 saturated heterocycles. The number of aliphatic hydroxyl groups is 2. The molecule has 0 atom stereocenters. The molecule has 106 valence electrons. The number of benzene rings is 1. The SMILES string of the molecule is CCCc1c(C(=O)C(C)(O)O)c(=O)oc2ccccc12. The van der Waals surface area contributed by atoms with Crippen molar-refractivity contribution < 1.29 is 19.4 Å². The zero-order chi connectivity index (χ0) is 14.9. The zero-order valence-electron chi connectivity index (χ0n) is 11.3. The molecule has 0 saturated carbocycles. The molecule has 1 heterocycles. The van der Waals surface area contributed by atoms with Crippen LogP contribution in [0.1, 0.15) is 36.2 Å². The molecular formula is C15H16O5. The molecule has 0 amide bonds. The topological polar surface area (TPSA) is 87.7 Å². The van der Waals surface area contributed by atoms with Crippen molar-refractivity contribution >= 4 is 16.8 Å². The molecule has 0 radical (unpaired) electrons. The quantitative estimate of drug-likeness (QED) is 0.503. The highest BCUT2D eigenvalue weighted by molar-refractivity contribution is 6.04. The lowest BCUT2D eigenvalue weighted by Gasteiger charge is -2.16. The van der Waals surface area contributed by atoms with Gasteiger partial charge in [-0.15, -0.1) is 0 Å². The fraction of sp³-hybridized carbons (Fsp3) is 0.333. The summed E-state index contributed by atoms with van der Waals surface area (Å²) in [5.41, 5.74) is -0.238. The van der Waals surface area contributed by atoms with Crippen LogP contribution in [-0.4, -0.2) is 21.8 Å². The second kappa shape index (κ2) is 5.19. The standard InChI is InChI=1S/C15H16O5/c1-3-6-10-9-7-4-5-8-11(9)20-14(17)12(10)13(16)15(2,18)19/h4-5,7-8,18-19H,3,6H2,1-2H3. The first-order valence-electron chi connectivity index (χ1n) is 6.40. The number of Topliss-reactive ketones (excluding diaryl/α,β-unsaturated/α-hetero) is 1. The van der Waals surface area contributed by atoms with Crippen LogP contribution in [0.5, 0.6) is 0 Å². The van der Waals surface area contributed by atoms with E-state index in [4.69, 9.17) is 4.42 Å². The number of fused-ring (bicyclic) bond motifs is 1. The molecule has 0 aliphatic rings. The average Bonchev–Trinajstić information content (AvgIpc) is 2.37. The van der Waals surface area contributed by atoms with Gasteiger partial charge in [-0.3, -0.25) is 4.79 Å². The van der Waals surface area contributed by atoms with Crippen LogP contribution in [0.25, 0.3) is 11.0 Å². The minimum absolute atomic E-state index is 0.280. The third kappa shape index (κ3) is 2.50. The van der Waals surface area contributed by atoms with Crippen molar-refractivity contribution in [3.63, 3.8) is 0 Å². The first-order valence-corrected chi connectivity index (χ1v) is 6.40. The number of hydrogen-bond acceptors (Lipinski definition) is 5. The molecule has 2 aromatic rings. The van der Waals surface area contributed by atoms with E-state index in [2.05, 4.69) is 0 Å². The van der Waals surface area contributed by atoms with Gasteiger partial charge in [0.2, 0.25) is 11.6 Å². The maximum Gasteiger partial charge on any atom is 0.347 e. The minimum Gasteiger partial charge on any atom is -0.422 e. The smallest absolute Gasteiger partial charge is 0.347 e. The fourth-order valence-electron chi connectivity index (χ4n) is 2.19. The maximum atomic E-state index is 12.1. The molecule has 5 heteroatoms. The molecule has 0 aliphatic carbocycles. The van der Waals surface area contributed by atoms with Crippen molar-refractivity contribution in [1.82, 2.24) is 0 Å². The Kier molecular flexibility index (Phi) is 3.74. The van der Waals surface area contributed by atoms with E-state index < -0.39 is 17.2 Å². The van der Waals surface area contributed by atoms with Gasteiger partial charge in [-0.2, -0.15) is 0 Å². The Hall–Kier alpha value is -1.98. The number of hydrogen-bond donors (Lipinski definition) is 2.